The Balaban J connectivity index is 1.58. The molecule has 1 unspecified atom stereocenters. The fourth-order valence-corrected chi connectivity index (χ4v) is 4.46. The molecule has 1 aliphatic rings. The van der Waals surface area contributed by atoms with Crippen molar-refractivity contribution in [2.24, 2.45) is 13.0 Å². The first-order valence-electron chi connectivity index (χ1n) is 8.04. The summed E-state index contributed by atoms with van der Waals surface area (Å²) in [5.41, 5.74) is 1.29. The molecule has 130 valence electrons. The van der Waals surface area contributed by atoms with Crippen molar-refractivity contribution in [1.82, 2.24) is 24.2 Å². The maximum Gasteiger partial charge on any atom is 0.261 e. The Morgan fingerprint density at radius 3 is 2.71 bits per heavy atom. The van der Waals surface area contributed by atoms with Gasteiger partial charge in [-0.15, -0.1) is 5.10 Å². The molecule has 2 heterocycles. The fourth-order valence-electron chi connectivity index (χ4n) is 3.18. The molecule has 1 aliphatic heterocycles. The summed E-state index contributed by atoms with van der Waals surface area (Å²) in [6, 6.07) is 10.4. The van der Waals surface area contributed by atoms with E-state index in [1.54, 1.807) is 14.1 Å². The van der Waals surface area contributed by atoms with Crippen LogP contribution in [0.1, 0.15) is 12.0 Å². The average molecular weight is 349 g/mol. The first kappa shape index (κ1) is 17.1. The van der Waals surface area contributed by atoms with Crippen molar-refractivity contribution in [2.45, 2.75) is 18.0 Å². The van der Waals surface area contributed by atoms with Gasteiger partial charge in [-0.1, -0.05) is 35.5 Å². The minimum absolute atomic E-state index is 0.129. The Labute approximate surface area is 142 Å². The second-order valence-corrected chi connectivity index (χ2v) is 8.35. The van der Waals surface area contributed by atoms with Crippen LogP contribution in [0.4, 0.5) is 0 Å². The first-order chi connectivity index (χ1) is 11.5. The lowest BCUT2D eigenvalue weighted by molar-refractivity contribution is 0.303. The zero-order valence-electron chi connectivity index (χ0n) is 14.0. The van der Waals surface area contributed by atoms with Crippen LogP contribution in [0.3, 0.4) is 0 Å². The predicted molar refractivity (Wildman–Crippen MR) is 90.6 cm³/mol. The lowest BCUT2D eigenvalue weighted by atomic mass is 10.1. The van der Waals surface area contributed by atoms with Crippen LogP contribution < -0.4 is 0 Å². The maximum atomic E-state index is 12.6. The molecule has 0 spiro atoms. The largest absolute Gasteiger partial charge is 0.299 e. The van der Waals surface area contributed by atoms with E-state index in [2.05, 4.69) is 27.3 Å². The number of likely N-dealkylation sites (tertiary alicyclic amines) is 1. The van der Waals surface area contributed by atoms with Gasteiger partial charge in [-0.05, 0) is 24.4 Å². The molecule has 1 atom stereocenters. The van der Waals surface area contributed by atoms with Crippen molar-refractivity contribution < 1.29 is 8.42 Å². The molecule has 8 heteroatoms. The van der Waals surface area contributed by atoms with Crippen molar-refractivity contribution in [2.75, 3.05) is 26.7 Å². The average Bonchev–Trinajstić information content (AvgIpc) is 3.17. The summed E-state index contributed by atoms with van der Waals surface area (Å²) in [6.07, 6.45) is 2.30. The van der Waals surface area contributed by atoms with E-state index in [0.717, 1.165) is 26.1 Å². The zero-order chi connectivity index (χ0) is 17.2. The van der Waals surface area contributed by atoms with Gasteiger partial charge in [0.05, 0.1) is 6.20 Å². The SMILES string of the molecule is CN(CC1CCN(Cc2ccccc2)C1)S(=O)(=O)c1cnnn1C. The Kier molecular flexibility index (Phi) is 4.98. The number of sulfonamides is 1. The summed E-state index contributed by atoms with van der Waals surface area (Å²) in [5.74, 6) is 0.342. The third kappa shape index (κ3) is 3.66. The molecule has 7 nitrogen and oxygen atoms in total. The van der Waals surface area contributed by atoms with E-state index in [0.29, 0.717) is 12.5 Å². The number of aromatic nitrogens is 3. The number of nitrogens with zero attached hydrogens (tertiary/aromatic N) is 5. The van der Waals surface area contributed by atoms with Crippen molar-refractivity contribution >= 4 is 10.0 Å². The molecule has 1 aromatic carbocycles. The van der Waals surface area contributed by atoms with Gasteiger partial charge in [0.1, 0.15) is 0 Å². The molecule has 0 amide bonds. The Bertz CT molecular complexity index is 775. The third-order valence-electron chi connectivity index (χ3n) is 4.48. The summed E-state index contributed by atoms with van der Waals surface area (Å²) in [7, 11) is -0.322. The van der Waals surface area contributed by atoms with E-state index in [9.17, 15) is 8.42 Å². The highest BCUT2D eigenvalue weighted by Gasteiger charge is 2.30. The van der Waals surface area contributed by atoms with Crippen LogP contribution in [0, 0.1) is 5.92 Å². The van der Waals surface area contributed by atoms with Crippen molar-refractivity contribution in [1.29, 1.82) is 0 Å². The molecule has 0 radical (unpaired) electrons. The summed E-state index contributed by atoms with van der Waals surface area (Å²) in [6.45, 7) is 3.34. The minimum Gasteiger partial charge on any atom is -0.299 e. The van der Waals surface area contributed by atoms with Gasteiger partial charge < -0.3 is 0 Å². The third-order valence-corrected chi connectivity index (χ3v) is 6.35. The van der Waals surface area contributed by atoms with Gasteiger partial charge in [-0.3, -0.25) is 4.90 Å². The first-order valence-corrected chi connectivity index (χ1v) is 9.48. The standard InChI is InChI=1S/C16H23N5O2S/c1-19(24(22,23)16-10-17-18-20(16)2)11-15-8-9-21(13-15)12-14-6-4-3-5-7-14/h3-7,10,15H,8-9,11-13H2,1-2H3. The summed E-state index contributed by atoms with van der Waals surface area (Å²) < 4.78 is 27.9. The molecular weight excluding hydrogens is 326 g/mol. The van der Waals surface area contributed by atoms with Gasteiger partial charge in [-0.25, -0.2) is 13.1 Å². The number of benzene rings is 1. The number of hydrogen-bond acceptors (Lipinski definition) is 5. The minimum atomic E-state index is -3.54. The van der Waals surface area contributed by atoms with Gasteiger partial charge in [0.15, 0.2) is 5.03 Å². The molecule has 0 bridgehead atoms. The van der Waals surface area contributed by atoms with E-state index in [-0.39, 0.29) is 5.03 Å². The smallest absolute Gasteiger partial charge is 0.261 e. The van der Waals surface area contributed by atoms with E-state index in [4.69, 9.17) is 0 Å². The predicted octanol–water partition coefficient (Wildman–Crippen LogP) is 0.958. The molecule has 1 fully saturated rings. The number of rotatable bonds is 6. The highest BCUT2D eigenvalue weighted by Crippen LogP contribution is 2.22. The van der Waals surface area contributed by atoms with Crippen molar-refractivity contribution in [3.63, 3.8) is 0 Å². The molecule has 2 aromatic rings. The number of aryl methyl sites for hydroxylation is 1. The van der Waals surface area contributed by atoms with Crippen LogP contribution >= 0.6 is 0 Å². The lowest BCUT2D eigenvalue weighted by Gasteiger charge is -2.21. The molecule has 24 heavy (non-hydrogen) atoms. The summed E-state index contributed by atoms with van der Waals surface area (Å²) >= 11 is 0. The molecule has 0 saturated carbocycles. The number of hydrogen-bond donors (Lipinski definition) is 0. The highest BCUT2D eigenvalue weighted by atomic mass is 32.2. The van der Waals surface area contributed by atoms with Gasteiger partial charge in [-0.2, -0.15) is 4.31 Å². The quantitative estimate of drug-likeness (QED) is 0.777. The maximum absolute atomic E-state index is 12.6. The van der Waals surface area contributed by atoms with Crippen LogP contribution in [-0.2, 0) is 23.6 Å². The van der Waals surface area contributed by atoms with E-state index in [1.807, 2.05) is 18.2 Å². The normalized spacial score (nSPS) is 19.2. The molecular formula is C16H23N5O2S. The van der Waals surface area contributed by atoms with Crippen LogP contribution in [0.15, 0.2) is 41.6 Å². The van der Waals surface area contributed by atoms with Crippen LogP contribution in [0.5, 0.6) is 0 Å². The molecule has 1 saturated heterocycles. The van der Waals surface area contributed by atoms with Crippen LogP contribution in [0.2, 0.25) is 0 Å². The van der Waals surface area contributed by atoms with Gasteiger partial charge in [0.25, 0.3) is 10.0 Å². The highest BCUT2D eigenvalue weighted by molar-refractivity contribution is 7.89. The summed E-state index contributed by atoms with van der Waals surface area (Å²) in [4.78, 5) is 2.38. The molecule has 3 rings (SSSR count). The van der Waals surface area contributed by atoms with Gasteiger partial charge in [0.2, 0.25) is 0 Å². The van der Waals surface area contributed by atoms with Gasteiger partial charge in [0, 0.05) is 33.7 Å². The fraction of sp³-hybridized carbons (Fsp3) is 0.500. The molecule has 1 aromatic heterocycles. The van der Waals surface area contributed by atoms with E-state index < -0.39 is 10.0 Å². The lowest BCUT2D eigenvalue weighted by Crippen LogP contribution is -2.34. The summed E-state index contributed by atoms with van der Waals surface area (Å²) in [5, 5.41) is 7.50. The monoisotopic (exact) mass is 349 g/mol. The topological polar surface area (TPSA) is 71.3 Å². The Morgan fingerprint density at radius 1 is 1.29 bits per heavy atom. The van der Waals surface area contributed by atoms with Crippen molar-refractivity contribution in [3.8, 4) is 0 Å². The Hall–Kier alpha value is -1.77. The second kappa shape index (κ2) is 7.00. The van der Waals surface area contributed by atoms with E-state index in [1.165, 1.54) is 20.7 Å². The van der Waals surface area contributed by atoms with Crippen molar-refractivity contribution in [3.05, 3.63) is 42.1 Å². The second-order valence-electron chi connectivity index (χ2n) is 6.36. The molecule has 0 N–H and O–H groups in total. The van der Waals surface area contributed by atoms with Crippen LogP contribution in [0.25, 0.3) is 0 Å². The van der Waals surface area contributed by atoms with E-state index >= 15 is 0 Å². The van der Waals surface area contributed by atoms with Gasteiger partial charge >= 0.3 is 0 Å². The van der Waals surface area contributed by atoms with Crippen LogP contribution in [-0.4, -0.2) is 59.3 Å². The Morgan fingerprint density at radius 2 is 2.04 bits per heavy atom. The molecule has 0 aliphatic carbocycles. The zero-order valence-corrected chi connectivity index (χ0v) is 14.9.